The fraction of sp³-hybridized carbons (Fsp3) is 0.200. The molecule has 7 aromatic carbocycles. The molecule has 0 aromatic heterocycles. The Bertz CT molecular complexity index is 3140. The maximum atomic E-state index is 15.6. The average molecular weight is 1030 g/mol. The van der Waals surface area contributed by atoms with Gasteiger partial charge in [-0.05, 0) is 84.5 Å². The van der Waals surface area contributed by atoms with Crippen molar-refractivity contribution in [1.82, 2.24) is 14.9 Å². The first kappa shape index (κ1) is 52.8. The molecular formula is C60H55N3O11S. The second-order valence-corrected chi connectivity index (χ2v) is 19.8. The lowest BCUT2D eigenvalue weighted by Crippen LogP contribution is -2.67. The van der Waals surface area contributed by atoms with Crippen LogP contribution in [-0.2, 0) is 57.9 Å². The van der Waals surface area contributed by atoms with Crippen LogP contribution in [0.4, 0.5) is 0 Å². The number of imide groups is 1. The molecule has 0 spiro atoms. The SMILES string of the molecule is O=C(C[C@@H]1[C@H](Cc2ccccc2)C(=O)N1C(=O)C(Cc1ccccc1)C(COC(=O)c1ccccc1)NC(=O)C(Cc1ccccc1)C(COC(=O)c1ccccc1)NS(=O)(=O)c1ccccc1)Oc1ccccc1. The van der Waals surface area contributed by atoms with Gasteiger partial charge in [-0.2, -0.15) is 0 Å². The number of hydrogen-bond donors (Lipinski definition) is 2. The van der Waals surface area contributed by atoms with E-state index in [2.05, 4.69) is 10.0 Å². The molecule has 0 saturated carbocycles. The summed E-state index contributed by atoms with van der Waals surface area (Å²) in [5.41, 5.74) is 2.41. The van der Waals surface area contributed by atoms with Gasteiger partial charge in [-0.1, -0.05) is 164 Å². The molecule has 8 rings (SSSR count). The van der Waals surface area contributed by atoms with E-state index < -0.39 is 94.7 Å². The first-order valence-corrected chi connectivity index (χ1v) is 26.0. The van der Waals surface area contributed by atoms with Crippen molar-refractivity contribution in [1.29, 1.82) is 0 Å². The summed E-state index contributed by atoms with van der Waals surface area (Å²) >= 11 is 0. The van der Waals surface area contributed by atoms with Gasteiger partial charge in [0.2, 0.25) is 27.7 Å². The van der Waals surface area contributed by atoms with Crippen LogP contribution >= 0.6 is 0 Å². The first-order valence-electron chi connectivity index (χ1n) is 24.5. The Balaban J connectivity index is 1.19. The molecule has 3 amide bonds. The molecule has 1 fully saturated rings. The molecule has 0 radical (unpaired) electrons. The molecule has 1 heterocycles. The molecule has 4 unspecified atom stereocenters. The zero-order valence-corrected chi connectivity index (χ0v) is 41.6. The van der Waals surface area contributed by atoms with Gasteiger partial charge in [0.25, 0.3) is 0 Å². The van der Waals surface area contributed by atoms with Crippen molar-refractivity contribution in [2.24, 2.45) is 17.8 Å². The van der Waals surface area contributed by atoms with Gasteiger partial charge in [-0.15, -0.1) is 0 Å². The molecule has 2 N–H and O–H groups in total. The summed E-state index contributed by atoms with van der Waals surface area (Å²) in [5.74, 6) is -7.59. The van der Waals surface area contributed by atoms with E-state index in [1.807, 2.05) is 30.3 Å². The number of esters is 3. The summed E-state index contributed by atoms with van der Waals surface area (Å²) in [4.78, 5) is 87.6. The van der Waals surface area contributed by atoms with Crippen LogP contribution in [0.5, 0.6) is 5.75 Å². The summed E-state index contributed by atoms with van der Waals surface area (Å²) in [7, 11) is -4.40. The number of carbonyl (C=O) groups is 6. The molecule has 7 aromatic rings. The summed E-state index contributed by atoms with van der Waals surface area (Å²) < 4.78 is 48.5. The Kier molecular flexibility index (Phi) is 17.9. The lowest BCUT2D eigenvalue weighted by molar-refractivity contribution is -0.171. The predicted molar refractivity (Wildman–Crippen MR) is 279 cm³/mol. The average Bonchev–Trinajstić information content (AvgIpc) is 3.44. The fourth-order valence-corrected chi connectivity index (χ4v) is 10.3. The van der Waals surface area contributed by atoms with E-state index in [1.54, 1.807) is 158 Å². The minimum atomic E-state index is -4.40. The zero-order chi connectivity index (χ0) is 52.6. The monoisotopic (exact) mass is 1030 g/mol. The number of ether oxygens (including phenoxy) is 3. The number of β-lactam (4-membered cyclic amide) rings is 1. The van der Waals surface area contributed by atoms with Crippen LogP contribution in [-0.4, -0.2) is 80.3 Å². The van der Waals surface area contributed by atoms with Crippen LogP contribution in [0.1, 0.15) is 43.8 Å². The molecule has 1 saturated heterocycles. The van der Waals surface area contributed by atoms with Crippen LogP contribution in [0.25, 0.3) is 0 Å². The van der Waals surface area contributed by atoms with Crippen molar-refractivity contribution in [3.63, 3.8) is 0 Å². The van der Waals surface area contributed by atoms with Crippen LogP contribution in [0.3, 0.4) is 0 Å². The van der Waals surface area contributed by atoms with E-state index in [9.17, 15) is 27.6 Å². The van der Waals surface area contributed by atoms with Gasteiger partial charge >= 0.3 is 17.9 Å². The Labute approximate surface area is 435 Å². The van der Waals surface area contributed by atoms with E-state index in [-0.39, 0.29) is 47.5 Å². The number of rotatable bonds is 23. The number of likely N-dealkylation sites (tertiary alicyclic amines) is 1. The zero-order valence-electron chi connectivity index (χ0n) is 40.8. The molecule has 75 heavy (non-hydrogen) atoms. The Morgan fingerprint density at radius 1 is 0.520 bits per heavy atom. The molecule has 0 bridgehead atoms. The number of sulfonamides is 1. The summed E-state index contributed by atoms with van der Waals surface area (Å²) in [6.07, 6.45) is -0.347. The molecule has 1 aliphatic rings. The Morgan fingerprint density at radius 2 is 0.947 bits per heavy atom. The van der Waals surface area contributed by atoms with E-state index in [0.717, 1.165) is 10.5 Å². The number of nitrogens with one attached hydrogen (secondary N) is 2. The Hall–Kier alpha value is -8.53. The summed E-state index contributed by atoms with van der Waals surface area (Å²) in [6.45, 7) is -1.21. The van der Waals surface area contributed by atoms with Crippen molar-refractivity contribution >= 4 is 45.7 Å². The largest absolute Gasteiger partial charge is 0.460 e. The normalized spacial score (nSPS) is 15.7. The molecule has 382 valence electrons. The second kappa shape index (κ2) is 25.4. The maximum Gasteiger partial charge on any atom is 0.338 e. The van der Waals surface area contributed by atoms with Crippen molar-refractivity contribution in [3.05, 3.63) is 240 Å². The minimum Gasteiger partial charge on any atom is -0.460 e. The quantitative estimate of drug-likeness (QED) is 0.0361. The van der Waals surface area contributed by atoms with Crippen molar-refractivity contribution in [2.75, 3.05) is 13.2 Å². The third-order valence-corrected chi connectivity index (χ3v) is 14.5. The number of amides is 3. The molecular weight excluding hydrogens is 971 g/mol. The van der Waals surface area contributed by atoms with Gasteiger partial charge < -0.3 is 19.5 Å². The molecule has 0 aliphatic carbocycles. The molecule has 14 nitrogen and oxygen atoms in total. The fourth-order valence-electron chi connectivity index (χ4n) is 9.06. The summed E-state index contributed by atoms with van der Waals surface area (Å²) in [5, 5.41) is 2.99. The molecule has 6 atom stereocenters. The van der Waals surface area contributed by atoms with Gasteiger partial charge in [0.1, 0.15) is 19.0 Å². The number of benzene rings is 7. The van der Waals surface area contributed by atoms with Crippen LogP contribution < -0.4 is 14.8 Å². The van der Waals surface area contributed by atoms with Gasteiger partial charge in [-0.25, -0.2) is 22.7 Å². The lowest BCUT2D eigenvalue weighted by atomic mass is 9.78. The van der Waals surface area contributed by atoms with Gasteiger partial charge in [0.15, 0.2) is 0 Å². The highest BCUT2D eigenvalue weighted by molar-refractivity contribution is 7.89. The van der Waals surface area contributed by atoms with Crippen LogP contribution in [0.15, 0.2) is 217 Å². The maximum absolute atomic E-state index is 15.6. The van der Waals surface area contributed by atoms with Crippen LogP contribution in [0.2, 0.25) is 0 Å². The van der Waals surface area contributed by atoms with Crippen molar-refractivity contribution in [3.8, 4) is 5.75 Å². The number of nitrogens with zero attached hydrogens (tertiary/aromatic N) is 1. The van der Waals surface area contributed by atoms with Gasteiger partial charge in [0.05, 0.1) is 58.3 Å². The number of hydrogen-bond acceptors (Lipinski definition) is 11. The van der Waals surface area contributed by atoms with Crippen molar-refractivity contribution < 1.29 is 51.4 Å². The predicted octanol–water partition coefficient (Wildman–Crippen LogP) is 7.84. The third kappa shape index (κ3) is 14.2. The smallest absolute Gasteiger partial charge is 0.338 e. The Morgan fingerprint density at radius 3 is 1.45 bits per heavy atom. The van der Waals surface area contributed by atoms with E-state index in [4.69, 9.17) is 14.2 Å². The van der Waals surface area contributed by atoms with E-state index in [0.29, 0.717) is 11.1 Å². The highest BCUT2D eigenvalue weighted by atomic mass is 32.2. The highest BCUT2D eigenvalue weighted by Gasteiger charge is 2.53. The topological polar surface area (TPSA) is 192 Å². The number of para-hydroxylation sites is 1. The van der Waals surface area contributed by atoms with E-state index in [1.165, 1.54) is 24.3 Å². The molecule has 15 heteroatoms. The lowest BCUT2D eigenvalue weighted by Gasteiger charge is -2.47. The first-order chi connectivity index (χ1) is 36.4. The number of carbonyl (C=O) groups excluding carboxylic acids is 6. The van der Waals surface area contributed by atoms with E-state index >= 15 is 9.59 Å². The summed E-state index contributed by atoms with van der Waals surface area (Å²) in [6, 6.07) is 55.2. The molecule has 1 aliphatic heterocycles. The van der Waals surface area contributed by atoms with Gasteiger partial charge in [0, 0.05) is 0 Å². The van der Waals surface area contributed by atoms with Crippen molar-refractivity contribution in [2.45, 2.75) is 48.7 Å². The minimum absolute atomic E-state index is 0.0933. The standard InChI is InChI=1S/C60H55N3O11S/c64-55(74-47-32-18-6-19-33-47)39-54-51(38-44-26-12-3-13-27-44)58(67)63(54)57(66)50(37-43-24-10-2-11-25-43)52(40-72-59(68)45-28-14-4-15-29-45)61-56(65)49(36-42-22-8-1-9-23-42)53(41-73-60(69)46-30-16-5-17-31-46)62-75(70,71)48-34-20-7-21-35-48/h1-35,49-54,62H,36-41H2,(H,61,65)/t49?,50?,51-,52?,53?,54+/m0/s1. The van der Waals surface area contributed by atoms with Gasteiger partial charge in [-0.3, -0.25) is 24.1 Å². The highest BCUT2D eigenvalue weighted by Crippen LogP contribution is 2.36. The third-order valence-electron chi connectivity index (χ3n) is 13.0. The second-order valence-electron chi connectivity index (χ2n) is 18.1. The van der Waals surface area contributed by atoms with Crippen LogP contribution in [0, 0.1) is 17.8 Å².